The van der Waals surface area contributed by atoms with E-state index in [9.17, 15) is 5.26 Å². The summed E-state index contributed by atoms with van der Waals surface area (Å²) in [5.74, 6) is 0.830. The number of aromatic nitrogens is 3. The zero-order valence-electron chi connectivity index (χ0n) is 17.3. The lowest BCUT2D eigenvalue weighted by Gasteiger charge is -2.23. The van der Waals surface area contributed by atoms with E-state index in [1.54, 1.807) is 22.7 Å². The lowest BCUT2D eigenvalue weighted by molar-refractivity contribution is -0.741. The summed E-state index contributed by atoms with van der Waals surface area (Å²) in [4.78, 5) is 14.7. The number of aliphatic imine (C=N–C) groups is 1. The minimum atomic E-state index is 0.0191. The van der Waals surface area contributed by atoms with Crippen LogP contribution < -0.4 is 9.58 Å². The molecule has 1 aromatic carbocycles. The van der Waals surface area contributed by atoms with Gasteiger partial charge in [0, 0.05) is 18.8 Å². The Morgan fingerprint density at radius 2 is 2.23 bits per heavy atom. The second kappa shape index (κ2) is 9.31. The first-order valence-corrected chi connectivity index (χ1v) is 9.65. The molecular weight excluding hydrogens is 382 g/mol. The molecule has 1 aliphatic rings. The van der Waals surface area contributed by atoms with Gasteiger partial charge >= 0.3 is 6.33 Å². The van der Waals surface area contributed by atoms with Crippen molar-refractivity contribution >= 4 is 22.8 Å². The van der Waals surface area contributed by atoms with E-state index in [2.05, 4.69) is 27.7 Å². The zero-order chi connectivity index (χ0) is 21.7. The number of hydrogen-bond acceptors (Lipinski definition) is 6. The number of benzene rings is 1. The van der Waals surface area contributed by atoms with Crippen molar-refractivity contribution in [2.45, 2.75) is 13.8 Å². The van der Waals surface area contributed by atoms with Crippen molar-refractivity contribution in [3.8, 4) is 6.07 Å². The molecule has 0 saturated carbocycles. The third kappa shape index (κ3) is 3.94. The Hall–Kier alpha value is -3.53. The standard InChI is InChI=1S/C21H24N7O2/c1-5-27(8-10-30-11-9-29)16-6-7-18(15(2)12-16)25-21-19(23-3)17(13-22)20-24-14-26(4)28(20)21/h6-7,12,14,29H,5,8-11H2,1-2,4H3/q+1. The lowest BCUT2D eigenvalue weighted by Crippen LogP contribution is -2.41. The SMILES string of the molecule is [C-]#[N+]C1=C(C#N)c2nc[n+](C)n2C1=Nc1ccc(N(CC)CCOCCO)cc1C. The summed E-state index contributed by atoms with van der Waals surface area (Å²) in [5.41, 5.74) is 3.16. The first-order chi connectivity index (χ1) is 14.5. The van der Waals surface area contributed by atoms with Crippen LogP contribution in [-0.4, -0.2) is 53.5 Å². The van der Waals surface area contributed by atoms with Crippen LogP contribution in [0.15, 0.2) is 35.2 Å². The van der Waals surface area contributed by atoms with Crippen LogP contribution in [0.5, 0.6) is 0 Å². The first-order valence-electron chi connectivity index (χ1n) is 9.65. The predicted octanol–water partition coefficient (Wildman–Crippen LogP) is 1.60. The molecule has 3 rings (SSSR count). The average molecular weight is 406 g/mol. The Kier molecular flexibility index (Phi) is 6.58. The Morgan fingerprint density at radius 3 is 2.87 bits per heavy atom. The molecule has 1 N–H and O–H groups in total. The van der Waals surface area contributed by atoms with E-state index in [1.165, 1.54) is 0 Å². The van der Waals surface area contributed by atoms with Crippen molar-refractivity contribution in [1.29, 1.82) is 5.26 Å². The Bertz CT molecular complexity index is 1090. The maximum absolute atomic E-state index is 9.49. The molecule has 1 aliphatic heterocycles. The van der Waals surface area contributed by atoms with Crippen molar-refractivity contribution in [2.75, 3.05) is 37.8 Å². The molecule has 0 bridgehead atoms. The summed E-state index contributed by atoms with van der Waals surface area (Å²) in [5, 5.41) is 18.3. The molecule has 0 spiro atoms. The molecule has 0 amide bonds. The van der Waals surface area contributed by atoms with Crippen molar-refractivity contribution in [2.24, 2.45) is 12.0 Å². The van der Waals surface area contributed by atoms with Crippen LogP contribution >= 0.6 is 0 Å². The Morgan fingerprint density at radius 1 is 1.43 bits per heavy atom. The molecule has 0 aliphatic carbocycles. The number of rotatable bonds is 8. The average Bonchev–Trinajstić information content (AvgIpc) is 3.27. The maximum atomic E-state index is 9.49. The van der Waals surface area contributed by atoms with Crippen molar-refractivity contribution in [3.63, 3.8) is 0 Å². The second-order valence-corrected chi connectivity index (χ2v) is 6.72. The fourth-order valence-corrected chi connectivity index (χ4v) is 3.33. The largest absolute Gasteiger partial charge is 0.394 e. The normalized spacial score (nSPS) is 14.0. The minimum Gasteiger partial charge on any atom is -0.394 e. The molecule has 1 aromatic heterocycles. The van der Waals surface area contributed by atoms with Crippen LogP contribution in [0.4, 0.5) is 11.4 Å². The highest BCUT2D eigenvalue weighted by atomic mass is 16.5. The van der Waals surface area contributed by atoms with Crippen LogP contribution in [0.25, 0.3) is 10.4 Å². The van der Waals surface area contributed by atoms with E-state index < -0.39 is 0 Å². The van der Waals surface area contributed by atoms with Crippen molar-refractivity contribution < 1.29 is 14.5 Å². The summed E-state index contributed by atoms with van der Waals surface area (Å²) in [6.07, 6.45) is 1.59. The van der Waals surface area contributed by atoms with Gasteiger partial charge in [0.25, 0.3) is 11.5 Å². The van der Waals surface area contributed by atoms with Gasteiger partial charge in [0.1, 0.15) is 12.6 Å². The number of aliphatic hydroxyl groups is 1. The van der Waals surface area contributed by atoms with E-state index in [4.69, 9.17) is 21.4 Å². The van der Waals surface area contributed by atoms with E-state index in [1.807, 2.05) is 25.1 Å². The fraction of sp³-hybridized carbons (Fsp3) is 0.381. The van der Waals surface area contributed by atoms with Gasteiger partial charge in [-0.25, -0.2) is 9.84 Å². The summed E-state index contributed by atoms with van der Waals surface area (Å²) >= 11 is 0. The molecule has 0 atom stereocenters. The molecule has 0 fully saturated rings. The number of aliphatic hydroxyl groups excluding tert-OH is 1. The van der Waals surface area contributed by atoms with Crippen molar-refractivity contribution in [3.05, 3.63) is 53.0 Å². The lowest BCUT2D eigenvalue weighted by atomic mass is 10.1. The molecule has 154 valence electrons. The third-order valence-corrected chi connectivity index (χ3v) is 4.85. The highest BCUT2D eigenvalue weighted by molar-refractivity contribution is 6.14. The van der Waals surface area contributed by atoms with Gasteiger partial charge in [-0.3, -0.25) is 0 Å². The number of nitriles is 1. The van der Waals surface area contributed by atoms with E-state index in [0.717, 1.165) is 23.5 Å². The molecule has 2 heterocycles. The van der Waals surface area contributed by atoms with Gasteiger partial charge in [0.2, 0.25) is 0 Å². The summed E-state index contributed by atoms with van der Waals surface area (Å²) in [7, 11) is 1.79. The monoisotopic (exact) mass is 406 g/mol. The van der Waals surface area contributed by atoms with E-state index in [0.29, 0.717) is 31.4 Å². The zero-order valence-corrected chi connectivity index (χ0v) is 17.3. The van der Waals surface area contributed by atoms with Gasteiger partial charge in [-0.2, -0.15) is 9.94 Å². The molecule has 2 aromatic rings. The maximum Gasteiger partial charge on any atom is 0.307 e. The Balaban J connectivity index is 1.93. The van der Waals surface area contributed by atoms with E-state index in [-0.39, 0.29) is 17.9 Å². The molecule has 0 unspecified atom stereocenters. The van der Waals surface area contributed by atoms with Gasteiger partial charge in [-0.15, -0.1) is 4.68 Å². The predicted molar refractivity (Wildman–Crippen MR) is 112 cm³/mol. The Labute approximate surface area is 175 Å². The van der Waals surface area contributed by atoms with Gasteiger partial charge in [-0.05, 0) is 42.6 Å². The molecule has 9 heteroatoms. The first kappa shape index (κ1) is 21.2. The number of likely N-dealkylation sites (N-methyl/N-ethyl adjacent to an activating group) is 1. The van der Waals surface area contributed by atoms with Crippen LogP contribution in [0.1, 0.15) is 18.3 Å². The number of nitrogens with zero attached hydrogens (tertiary/aromatic N) is 7. The highest BCUT2D eigenvalue weighted by Crippen LogP contribution is 2.30. The molecule has 0 saturated heterocycles. The van der Waals surface area contributed by atoms with Crippen molar-refractivity contribution in [1.82, 2.24) is 9.67 Å². The summed E-state index contributed by atoms with van der Waals surface area (Å²) in [6, 6.07) is 8.02. The quantitative estimate of drug-likeness (QED) is 0.408. The van der Waals surface area contributed by atoms with Crippen LogP contribution in [0.3, 0.4) is 0 Å². The molecule has 0 radical (unpaired) electrons. The summed E-state index contributed by atoms with van der Waals surface area (Å²) in [6.45, 7) is 14.0. The minimum absolute atomic E-state index is 0.0191. The van der Waals surface area contributed by atoms with Gasteiger partial charge in [0.15, 0.2) is 5.84 Å². The highest BCUT2D eigenvalue weighted by Gasteiger charge is 2.37. The third-order valence-electron chi connectivity index (χ3n) is 4.85. The van der Waals surface area contributed by atoms with Crippen LogP contribution in [-0.2, 0) is 11.8 Å². The van der Waals surface area contributed by atoms with Gasteiger partial charge in [-0.1, -0.05) is 0 Å². The number of hydrogen-bond donors (Lipinski definition) is 1. The van der Waals surface area contributed by atoms with Crippen LogP contribution in [0, 0.1) is 24.8 Å². The van der Waals surface area contributed by atoms with Gasteiger partial charge < -0.3 is 14.7 Å². The second-order valence-electron chi connectivity index (χ2n) is 6.72. The molecule has 9 nitrogen and oxygen atoms in total. The number of anilines is 1. The number of fused-ring (bicyclic) bond motifs is 1. The number of aryl methyl sites for hydroxylation is 2. The smallest absolute Gasteiger partial charge is 0.307 e. The fourth-order valence-electron chi connectivity index (χ4n) is 3.33. The number of allylic oxidation sites excluding steroid dienone is 2. The summed E-state index contributed by atoms with van der Waals surface area (Å²) < 4.78 is 8.76. The van der Waals surface area contributed by atoms with Crippen LogP contribution in [0.2, 0.25) is 0 Å². The molecular formula is C21H24N7O2+. The van der Waals surface area contributed by atoms with Gasteiger partial charge in [0.05, 0.1) is 38.1 Å². The topological polar surface area (TPSA) is 94.9 Å². The molecule has 30 heavy (non-hydrogen) atoms. The van der Waals surface area contributed by atoms with E-state index >= 15 is 0 Å². The number of ether oxygens (including phenoxy) is 1.